The molecule has 5 rings (SSSR count). The molecule has 2 N–H and O–H groups in total. The van der Waals surface area contributed by atoms with Crippen molar-refractivity contribution in [1.29, 1.82) is 0 Å². The predicted octanol–water partition coefficient (Wildman–Crippen LogP) is 1.62. The molecule has 4 bridgehead atoms. The number of aliphatic hydroxyl groups is 2. The van der Waals surface area contributed by atoms with Crippen LogP contribution in [0.2, 0.25) is 0 Å². The van der Waals surface area contributed by atoms with Crippen molar-refractivity contribution < 1.29 is 67.4 Å². The van der Waals surface area contributed by atoms with Gasteiger partial charge in [-0.3, -0.25) is 24.0 Å². The Balaban J connectivity index is 1.91. The van der Waals surface area contributed by atoms with Gasteiger partial charge in [-0.1, -0.05) is 31.7 Å². The van der Waals surface area contributed by atoms with E-state index < -0.39 is 107 Å². The average Bonchev–Trinajstić information content (AvgIpc) is 3.16. The Morgan fingerprint density at radius 3 is 2.04 bits per heavy atom. The fourth-order valence-electron chi connectivity index (χ4n) is 8.86. The van der Waals surface area contributed by atoms with E-state index in [1.54, 1.807) is 25.1 Å². The Labute approximate surface area is 283 Å². The fraction of sp³-hybridized carbons (Fsp3) is 0.600. The number of hydrogen-bond acceptors (Lipinski definition) is 14. The molecule has 0 radical (unpaired) electrons. The van der Waals surface area contributed by atoms with Crippen molar-refractivity contribution in [1.82, 2.24) is 0 Å². The maximum absolute atomic E-state index is 14.1. The molecule has 3 saturated carbocycles. The van der Waals surface area contributed by atoms with Crippen molar-refractivity contribution in [2.75, 3.05) is 13.2 Å². The van der Waals surface area contributed by atoms with E-state index in [9.17, 15) is 39.0 Å². The molecule has 1 saturated heterocycles. The number of esters is 5. The van der Waals surface area contributed by atoms with Gasteiger partial charge in [0.1, 0.15) is 24.4 Å². The summed E-state index contributed by atoms with van der Waals surface area (Å²) < 4.78 is 35.8. The van der Waals surface area contributed by atoms with Crippen LogP contribution >= 0.6 is 0 Å². The number of Topliss-reactive ketones (excluding diaryl/α,β-unsaturated/α-hetero) is 1. The van der Waals surface area contributed by atoms with Gasteiger partial charge in [-0.25, -0.2) is 4.79 Å². The minimum atomic E-state index is -2.48. The molecular weight excluding hydrogens is 644 g/mol. The maximum Gasteiger partial charge on any atom is 0.338 e. The van der Waals surface area contributed by atoms with Gasteiger partial charge in [0.05, 0.1) is 23.7 Å². The summed E-state index contributed by atoms with van der Waals surface area (Å²) in [6.07, 6.45) is -8.88. The highest BCUT2D eigenvalue weighted by Crippen LogP contribution is 2.67. The molecule has 1 aromatic carbocycles. The average molecular weight is 687 g/mol. The van der Waals surface area contributed by atoms with Crippen LogP contribution in [0, 0.1) is 22.7 Å². The number of aliphatic hydroxyl groups excluding tert-OH is 1. The summed E-state index contributed by atoms with van der Waals surface area (Å²) in [5.74, 6) is -7.53. The molecule has 0 amide bonds. The van der Waals surface area contributed by atoms with Gasteiger partial charge in [0.15, 0.2) is 23.6 Å². The first kappa shape index (κ1) is 36.1. The first-order valence-electron chi connectivity index (χ1n) is 16.0. The molecule has 0 spiro atoms. The SMILES string of the molecule is C=C1[C@@H](O)C[C@H](OC(C)=O)[C@@]2(COC(=O)c3ccccc3)[C@@H](OC(C)=O)[C@H](OC(C)=O)[C@@]3(O)[C@]4(C)OC[C@]3(C)C(CC4=O)[C@@H](OC(C)=O)[C@H]12. The lowest BCUT2D eigenvalue weighted by Gasteiger charge is -2.65. The lowest BCUT2D eigenvalue weighted by atomic mass is 9.43. The van der Waals surface area contributed by atoms with Crippen LogP contribution in [0.15, 0.2) is 42.5 Å². The third-order valence-corrected chi connectivity index (χ3v) is 11.1. The molecule has 1 unspecified atom stereocenters. The topological polar surface area (TPSA) is 198 Å². The van der Waals surface area contributed by atoms with E-state index in [0.29, 0.717) is 0 Å². The Morgan fingerprint density at radius 1 is 0.898 bits per heavy atom. The third kappa shape index (κ3) is 5.44. The summed E-state index contributed by atoms with van der Waals surface area (Å²) >= 11 is 0. The first-order valence-corrected chi connectivity index (χ1v) is 16.0. The summed E-state index contributed by atoms with van der Waals surface area (Å²) in [6.45, 7) is 10.4. The zero-order valence-electron chi connectivity index (χ0n) is 28.3. The molecule has 1 aromatic rings. The summed E-state index contributed by atoms with van der Waals surface area (Å²) in [5, 5.41) is 24.6. The standard InChI is InChI=1S/C35H42O14/c1-17-24(40)14-26(46-18(2)36)34(16-44-31(42)22-11-9-8-10-12-22)27(17)28(47-19(3)37)23-13-25(41)33(7)35(43,32(23,6)15-45-33)30(49-21(5)39)29(34)48-20(4)38/h8-12,23-24,26-30,40,43H,1,13-16H2,2-7H3/t23?,24-,26-,27-,28+,29-,30-,32+,33+,34+,35-/m0/s1. The second-order valence-corrected chi connectivity index (χ2v) is 13.8. The van der Waals surface area contributed by atoms with Crippen LogP contribution in [0.3, 0.4) is 0 Å². The molecule has 14 heteroatoms. The number of ketones is 1. The minimum absolute atomic E-state index is 0.0119. The molecular formula is C35H42O14. The van der Waals surface area contributed by atoms with E-state index in [1.807, 2.05) is 0 Å². The highest BCUT2D eigenvalue weighted by atomic mass is 16.6. The van der Waals surface area contributed by atoms with E-state index >= 15 is 0 Å². The number of fused-ring (bicyclic) bond motifs is 1. The van der Waals surface area contributed by atoms with Gasteiger partial charge in [-0.2, -0.15) is 0 Å². The lowest BCUT2D eigenvalue weighted by molar-refractivity contribution is -0.302. The maximum atomic E-state index is 14.1. The van der Waals surface area contributed by atoms with Crippen molar-refractivity contribution in [3.05, 3.63) is 48.0 Å². The largest absolute Gasteiger partial charge is 0.462 e. The van der Waals surface area contributed by atoms with Crippen LogP contribution in [0.1, 0.15) is 64.7 Å². The Bertz CT molecular complexity index is 1570. The number of benzene rings is 1. The van der Waals surface area contributed by atoms with Gasteiger partial charge >= 0.3 is 29.8 Å². The number of ether oxygens (including phenoxy) is 6. The molecule has 266 valence electrons. The van der Waals surface area contributed by atoms with Gasteiger partial charge in [0, 0.05) is 57.8 Å². The van der Waals surface area contributed by atoms with Crippen LogP contribution < -0.4 is 0 Å². The van der Waals surface area contributed by atoms with Gasteiger partial charge in [0.2, 0.25) is 0 Å². The third-order valence-electron chi connectivity index (χ3n) is 11.1. The van der Waals surface area contributed by atoms with Gasteiger partial charge in [0.25, 0.3) is 0 Å². The Hall–Kier alpha value is -4.14. The quantitative estimate of drug-likeness (QED) is 0.238. The molecule has 11 atom stereocenters. The zero-order valence-corrected chi connectivity index (χ0v) is 28.3. The van der Waals surface area contributed by atoms with E-state index in [1.165, 1.54) is 19.1 Å². The smallest absolute Gasteiger partial charge is 0.338 e. The molecule has 1 heterocycles. The van der Waals surface area contributed by atoms with Crippen molar-refractivity contribution in [3.63, 3.8) is 0 Å². The van der Waals surface area contributed by atoms with Crippen molar-refractivity contribution >= 4 is 35.6 Å². The number of rotatable bonds is 7. The number of hydrogen-bond donors (Lipinski definition) is 2. The minimum Gasteiger partial charge on any atom is -0.462 e. The summed E-state index contributed by atoms with van der Waals surface area (Å²) in [6, 6.07) is 7.88. The lowest BCUT2D eigenvalue weighted by Crippen LogP contribution is -2.81. The predicted molar refractivity (Wildman–Crippen MR) is 165 cm³/mol. The van der Waals surface area contributed by atoms with Crippen LogP contribution in [0.5, 0.6) is 0 Å². The molecule has 49 heavy (non-hydrogen) atoms. The van der Waals surface area contributed by atoms with Crippen molar-refractivity contribution in [2.45, 2.75) is 96.1 Å². The highest BCUT2D eigenvalue weighted by molar-refractivity contribution is 5.91. The molecule has 0 aromatic heterocycles. The molecule has 4 aliphatic rings. The molecule has 1 aliphatic heterocycles. The fourth-order valence-corrected chi connectivity index (χ4v) is 8.86. The van der Waals surface area contributed by atoms with Gasteiger partial charge in [-0.05, 0) is 24.6 Å². The Morgan fingerprint density at radius 2 is 1.47 bits per heavy atom. The van der Waals surface area contributed by atoms with E-state index in [2.05, 4.69) is 6.58 Å². The molecule has 3 aliphatic carbocycles. The second kappa shape index (κ2) is 12.6. The van der Waals surface area contributed by atoms with Crippen LogP contribution in [0.4, 0.5) is 0 Å². The Kier molecular flexibility index (Phi) is 9.32. The van der Waals surface area contributed by atoms with E-state index in [0.717, 1.165) is 27.7 Å². The van der Waals surface area contributed by atoms with Crippen molar-refractivity contribution in [3.8, 4) is 0 Å². The molecule has 4 fully saturated rings. The molecule has 14 nitrogen and oxygen atoms in total. The number of carbonyl (C=O) groups excluding carboxylic acids is 6. The summed E-state index contributed by atoms with van der Waals surface area (Å²) in [4.78, 5) is 79.4. The first-order chi connectivity index (χ1) is 22.8. The van der Waals surface area contributed by atoms with Gasteiger partial charge in [-0.15, -0.1) is 0 Å². The monoisotopic (exact) mass is 686 g/mol. The normalized spacial score (nSPS) is 39.4. The van der Waals surface area contributed by atoms with Crippen LogP contribution in [-0.4, -0.2) is 101 Å². The van der Waals surface area contributed by atoms with Crippen LogP contribution in [-0.2, 0) is 52.4 Å². The summed E-state index contributed by atoms with van der Waals surface area (Å²) in [7, 11) is 0. The zero-order chi connectivity index (χ0) is 36.3. The highest BCUT2D eigenvalue weighted by Gasteiger charge is 2.83. The van der Waals surface area contributed by atoms with Crippen LogP contribution in [0.25, 0.3) is 0 Å². The summed E-state index contributed by atoms with van der Waals surface area (Å²) in [5.41, 5.74) is -8.00. The van der Waals surface area contributed by atoms with Gasteiger partial charge < -0.3 is 38.6 Å². The number of carbonyl (C=O) groups is 6. The van der Waals surface area contributed by atoms with Crippen molar-refractivity contribution in [2.24, 2.45) is 22.7 Å². The van der Waals surface area contributed by atoms with E-state index in [4.69, 9.17) is 28.4 Å². The van der Waals surface area contributed by atoms with E-state index in [-0.39, 0.29) is 30.6 Å². The second-order valence-electron chi connectivity index (χ2n) is 13.8.